The predicted octanol–water partition coefficient (Wildman–Crippen LogP) is 0.740. The normalized spacial score (nSPS) is 13.2. The summed E-state index contributed by atoms with van der Waals surface area (Å²) in [7, 11) is -2.96. The van der Waals surface area contributed by atoms with Gasteiger partial charge in [-0.3, -0.25) is 0 Å². The van der Waals surface area contributed by atoms with E-state index in [0.717, 1.165) is 12.4 Å². The van der Waals surface area contributed by atoms with Crippen molar-refractivity contribution in [1.82, 2.24) is 9.97 Å². The zero-order valence-electron chi connectivity index (χ0n) is 8.22. The molecule has 0 saturated carbocycles. The number of rotatable bonds is 4. The number of alkyl halides is 2. The van der Waals surface area contributed by atoms with Gasteiger partial charge < -0.3 is 4.74 Å². The zero-order chi connectivity index (χ0) is 12.2. The second-order valence-corrected chi connectivity index (χ2v) is 3.95. The van der Waals surface area contributed by atoms with Crippen molar-refractivity contribution in [2.45, 2.75) is 17.3 Å². The van der Waals surface area contributed by atoms with Gasteiger partial charge in [-0.2, -0.15) is 8.78 Å². The largest absolute Gasteiger partial charge is 0.461 e. The molecule has 1 aromatic heterocycles. The third-order valence-electron chi connectivity index (χ3n) is 1.45. The van der Waals surface area contributed by atoms with Crippen LogP contribution in [-0.2, 0) is 20.3 Å². The van der Waals surface area contributed by atoms with Crippen LogP contribution in [0, 0.1) is 0 Å². The molecule has 8 heteroatoms. The quantitative estimate of drug-likeness (QED) is 0.582. The van der Waals surface area contributed by atoms with Crippen LogP contribution in [0.15, 0.2) is 23.6 Å². The Balaban J connectivity index is 2.92. The van der Waals surface area contributed by atoms with E-state index in [0.29, 0.717) is 0 Å². The molecule has 1 aromatic rings. The fraction of sp³-hybridized carbons (Fsp3) is 0.375. The van der Waals surface area contributed by atoms with Crippen molar-refractivity contribution >= 4 is 16.8 Å². The van der Waals surface area contributed by atoms with Gasteiger partial charge in [-0.25, -0.2) is 19.0 Å². The first-order valence-electron chi connectivity index (χ1n) is 4.24. The maximum absolute atomic E-state index is 13.2. The summed E-state index contributed by atoms with van der Waals surface area (Å²) in [6.07, 6.45) is 2.31. The molecule has 16 heavy (non-hydrogen) atoms. The summed E-state index contributed by atoms with van der Waals surface area (Å²) in [5.41, 5.74) is 0. The van der Waals surface area contributed by atoms with E-state index in [9.17, 15) is 17.8 Å². The monoisotopic (exact) mass is 250 g/mol. The van der Waals surface area contributed by atoms with Gasteiger partial charge in [0.05, 0.1) is 6.61 Å². The summed E-state index contributed by atoms with van der Waals surface area (Å²) in [4.78, 5) is 17.6. The molecule has 0 fully saturated rings. The zero-order valence-corrected chi connectivity index (χ0v) is 9.04. The molecule has 0 radical (unpaired) electrons. The molecule has 1 unspecified atom stereocenters. The van der Waals surface area contributed by atoms with Crippen molar-refractivity contribution in [1.29, 1.82) is 0 Å². The Bertz CT molecular complexity index is 400. The second kappa shape index (κ2) is 5.06. The lowest BCUT2D eigenvalue weighted by atomic mass is 10.7. The van der Waals surface area contributed by atoms with Crippen molar-refractivity contribution in [2.75, 3.05) is 6.61 Å². The molecule has 0 spiro atoms. The Kier molecular flexibility index (Phi) is 3.99. The third kappa shape index (κ3) is 2.57. The van der Waals surface area contributed by atoms with Gasteiger partial charge in [0, 0.05) is 12.4 Å². The summed E-state index contributed by atoms with van der Waals surface area (Å²) in [6.45, 7) is 1.15. The first-order chi connectivity index (χ1) is 7.50. The third-order valence-corrected chi connectivity index (χ3v) is 2.63. The average molecular weight is 250 g/mol. The van der Waals surface area contributed by atoms with Crippen LogP contribution in [0.5, 0.6) is 0 Å². The number of nitrogens with zero attached hydrogens (tertiary/aromatic N) is 2. The summed E-state index contributed by atoms with van der Waals surface area (Å²) in [6, 6.07) is 1.38. The van der Waals surface area contributed by atoms with E-state index in [1.54, 1.807) is 0 Å². The number of aromatic nitrogens is 2. The fourth-order valence-electron chi connectivity index (χ4n) is 0.787. The molecular weight excluding hydrogens is 242 g/mol. The van der Waals surface area contributed by atoms with Gasteiger partial charge in [0.15, 0.2) is 10.8 Å². The first kappa shape index (κ1) is 12.6. The number of carbonyl (C=O) groups excluding carboxylic acids is 1. The number of halogens is 2. The Morgan fingerprint density at radius 3 is 2.56 bits per heavy atom. The number of hydrogen-bond donors (Lipinski definition) is 0. The van der Waals surface area contributed by atoms with Crippen molar-refractivity contribution in [2.24, 2.45) is 0 Å². The minimum Gasteiger partial charge on any atom is -0.461 e. The van der Waals surface area contributed by atoms with Crippen molar-refractivity contribution in [3.8, 4) is 0 Å². The van der Waals surface area contributed by atoms with Crippen LogP contribution in [0.25, 0.3) is 0 Å². The Morgan fingerprint density at radius 2 is 2.06 bits per heavy atom. The molecule has 0 N–H and O–H groups in total. The Hall–Kier alpha value is -1.44. The molecule has 0 aliphatic rings. The highest BCUT2D eigenvalue weighted by molar-refractivity contribution is 7.86. The van der Waals surface area contributed by atoms with Crippen molar-refractivity contribution < 1.29 is 22.5 Å². The van der Waals surface area contributed by atoms with Gasteiger partial charge in [-0.15, -0.1) is 0 Å². The van der Waals surface area contributed by atoms with Gasteiger partial charge in [0.25, 0.3) is 0 Å². The minimum atomic E-state index is -4.14. The fourth-order valence-corrected chi connectivity index (χ4v) is 1.54. The smallest absolute Gasteiger partial charge is 0.422 e. The molecule has 1 atom stereocenters. The maximum atomic E-state index is 13.2. The summed E-state index contributed by atoms with van der Waals surface area (Å²) >= 11 is 0. The van der Waals surface area contributed by atoms with Crippen molar-refractivity contribution in [3.63, 3.8) is 0 Å². The molecule has 0 aliphatic carbocycles. The van der Waals surface area contributed by atoms with Crippen molar-refractivity contribution in [3.05, 3.63) is 18.5 Å². The number of esters is 1. The van der Waals surface area contributed by atoms with Gasteiger partial charge >= 0.3 is 11.2 Å². The molecule has 5 nitrogen and oxygen atoms in total. The maximum Gasteiger partial charge on any atom is 0.422 e. The molecule has 0 amide bonds. The summed E-state index contributed by atoms with van der Waals surface area (Å²) in [5, 5.41) is -4.75. The predicted molar refractivity (Wildman–Crippen MR) is 50.0 cm³/mol. The van der Waals surface area contributed by atoms with Crippen LogP contribution < -0.4 is 0 Å². The van der Waals surface area contributed by atoms with E-state index in [-0.39, 0.29) is 6.61 Å². The van der Waals surface area contributed by atoms with E-state index < -0.39 is 27.2 Å². The molecule has 1 heterocycles. The van der Waals surface area contributed by atoms with Gasteiger partial charge in [0.1, 0.15) is 0 Å². The number of ether oxygens (including phenoxy) is 1. The van der Waals surface area contributed by atoms with Crippen LogP contribution in [0.2, 0.25) is 0 Å². The lowest BCUT2D eigenvalue weighted by Crippen LogP contribution is -2.36. The Morgan fingerprint density at radius 1 is 1.50 bits per heavy atom. The summed E-state index contributed by atoms with van der Waals surface area (Å²) < 4.78 is 41.9. The molecular formula is C8H8F2N2O3S. The number of hydrogen-bond acceptors (Lipinski definition) is 5. The lowest BCUT2D eigenvalue weighted by Gasteiger charge is -2.12. The van der Waals surface area contributed by atoms with E-state index in [4.69, 9.17) is 0 Å². The lowest BCUT2D eigenvalue weighted by molar-refractivity contribution is -0.159. The minimum absolute atomic E-state index is 0.221. The van der Waals surface area contributed by atoms with E-state index in [1.165, 1.54) is 13.0 Å². The van der Waals surface area contributed by atoms with Crippen LogP contribution in [0.3, 0.4) is 0 Å². The highest BCUT2D eigenvalue weighted by atomic mass is 32.2. The molecule has 88 valence electrons. The topological polar surface area (TPSA) is 69.2 Å². The first-order valence-corrected chi connectivity index (χ1v) is 5.39. The van der Waals surface area contributed by atoms with Crippen LogP contribution in [-0.4, -0.2) is 32.0 Å². The highest BCUT2D eigenvalue weighted by Crippen LogP contribution is 2.24. The van der Waals surface area contributed by atoms with Gasteiger partial charge in [-0.05, 0) is 13.0 Å². The van der Waals surface area contributed by atoms with E-state index in [1.807, 2.05) is 0 Å². The highest BCUT2D eigenvalue weighted by Gasteiger charge is 2.49. The van der Waals surface area contributed by atoms with Gasteiger partial charge in [-0.1, -0.05) is 0 Å². The molecule has 0 aliphatic heterocycles. The molecule has 1 rings (SSSR count). The standard InChI is InChI=1S/C8H8F2N2O3S/c1-2-15-6(13)8(9,10)16(14)7-11-4-3-5-12-7/h3-5H,2H2,1H3. The van der Waals surface area contributed by atoms with Crippen LogP contribution >= 0.6 is 0 Å². The van der Waals surface area contributed by atoms with E-state index >= 15 is 0 Å². The molecule has 0 bridgehead atoms. The Labute approximate surface area is 92.3 Å². The van der Waals surface area contributed by atoms with Crippen LogP contribution in [0.4, 0.5) is 8.78 Å². The van der Waals surface area contributed by atoms with Gasteiger partial charge in [0.2, 0.25) is 5.16 Å². The SMILES string of the molecule is CCOC(=O)C(F)(F)S(=O)c1ncccn1. The molecule has 0 aromatic carbocycles. The number of carbonyl (C=O) groups is 1. The average Bonchev–Trinajstić information content (AvgIpc) is 2.29. The van der Waals surface area contributed by atoms with E-state index in [2.05, 4.69) is 14.7 Å². The summed E-state index contributed by atoms with van der Waals surface area (Å²) in [5.74, 6) is -1.85. The van der Waals surface area contributed by atoms with Crippen LogP contribution in [0.1, 0.15) is 6.92 Å². The second-order valence-electron chi connectivity index (χ2n) is 2.54. The molecule has 0 saturated heterocycles.